The molecule has 3 aromatic rings. The number of hydrogen-bond acceptors (Lipinski definition) is 5. The van der Waals surface area contributed by atoms with E-state index in [1.54, 1.807) is 22.5 Å². The first-order valence-electron chi connectivity index (χ1n) is 11.0. The second-order valence-corrected chi connectivity index (χ2v) is 10.8. The van der Waals surface area contributed by atoms with Crippen LogP contribution in [0, 0.1) is 13.8 Å². The molecule has 170 valence electrons. The number of nitrogens with zero attached hydrogens (tertiary/aromatic N) is 2. The summed E-state index contributed by atoms with van der Waals surface area (Å²) in [6.45, 7) is 10.8. The van der Waals surface area contributed by atoms with Crippen molar-refractivity contribution in [2.45, 2.75) is 45.1 Å². The van der Waals surface area contributed by atoms with E-state index in [9.17, 15) is 13.2 Å². The van der Waals surface area contributed by atoms with Crippen LogP contribution >= 0.6 is 0 Å². The normalized spacial score (nSPS) is 16.2. The molecular weight excluding hydrogens is 424 g/mol. The molecule has 1 aliphatic heterocycles. The largest absolute Gasteiger partial charge is 0.422 e. The van der Waals surface area contributed by atoms with Crippen molar-refractivity contribution in [3.63, 3.8) is 0 Å². The Labute approximate surface area is 189 Å². The average molecular weight is 455 g/mol. The van der Waals surface area contributed by atoms with Crippen molar-refractivity contribution in [1.82, 2.24) is 9.21 Å². The molecule has 4 rings (SSSR count). The van der Waals surface area contributed by atoms with Crippen LogP contribution in [0.1, 0.15) is 42.0 Å². The van der Waals surface area contributed by atoms with Gasteiger partial charge >= 0.3 is 5.63 Å². The highest BCUT2D eigenvalue weighted by Crippen LogP contribution is 2.25. The Bertz CT molecular complexity index is 1290. The van der Waals surface area contributed by atoms with E-state index in [1.165, 1.54) is 0 Å². The van der Waals surface area contributed by atoms with Gasteiger partial charge in [-0.05, 0) is 54.2 Å². The number of benzene rings is 2. The van der Waals surface area contributed by atoms with Crippen LogP contribution < -0.4 is 5.63 Å². The number of hydrogen-bond donors (Lipinski definition) is 0. The Balaban J connectivity index is 1.49. The summed E-state index contributed by atoms with van der Waals surface area (Å²) in [5.74, 6) is 0.361. The fourth-order valence-corrected chi connectivity index (χ4v) is 5.62. The minimum absolute atomic E-state index is 0.341. The van der Waals surface area contributed by atoms with Gasteiger partial charge in [0.2, 0.25) is 10.0 Å². The van der Waals surface area contributed by atoms with E-state index >= 15 is 0 Å². The van der Waals surface area contributed by atoms with Crippen LogP contribution in [-0.4, -0.2) is 43.8 Å². The Kier molecular flexibility index (Phi) is 6.25. The number of piperazine rings is 1. The number of sulfonamides is 1. The summed E-state index contributed by atoms with van der Waals surface area (Å²) < 4.78 is 33.2. The average Bonchev–Trinajstić information content (AvgIpc) is 2.77. The molecule has 7 heteroatoms. The van der Waals surface area contributed by atoms with E-state index in [0.717, 1.165) is 27.6 Å². The van der Waals surface area contributed by atoms with Crippen molar-refractivity contribution >= 4 is 21.0 Å². The topological polar surface area (TPSA) is 70.8 Å². The Morgan fingerprint density at radius 2 is 1.62 bits per heavy atom. The summed E-state index contributed by atoms with van der Waals surface area (Å²) in [6.07, 6.45) is 0. The van der Waals surface area contributed by atoms with Gasteiger partial charge in [-0.15, -0.1) is 0 Å². The maximum atomic E-state index is 13.1. The molecule has 2 heterocycles. The summed E-state index contributed by atoms with van der Waals surface area (Å²) in [5, 5.41) is 0.938. The summed E-state index contributed by atoms with van der Waals surface area (Å²) in [7, 11) is -3.51. The highest BCUT2D eigenvalue weighted by atomic mass is 32.2. The zero-order valence-electron chi connectivity index (χ0n) is 19.1. The summed E-state index contributed by atoms with van der Waals surface area (Å²) in [5.41, 5.74) is 4.38. The van der Waals surface area contributed by atoms with Crippen LogP contribution in [0.4, 0.5) is 0 Å². The fourth-order valence-electron chi connectivity index (χ4n) is 4.20. The van der Waals surface area contributed by atoms with Crippen LogP contribution in [0.2, 0.25) is 0 Å². The molecule has 0 bridgehead atoms. The van der Waals surface area contributed by atoms with Crippen molar-refractivity contribution in [3.8, 4) is 0 Å². The maximum Gasteiger partial charge on any atom is 0.336 e. The Hall–Kier alpha value is -2.48. The first-order valence-corrected chi connectivity index (χ1v) is 12.5. The molecule has 1 fully saturated rings. The standard InChI is InChI=1S/C25H30N2O4S/c1-17(2)20-6-8-22(9-7-20)32(29,30)27-13-11-26(12-14-27)16-21-15-24(28)31-25-19(4)18(3)5-10-23(21)25/h5-10,15,17H,11-14,16H2,1-4H3. The van der Waals surface area contributed by atoms with Gasteiger partial charge in [0.1, 0.15) is 5.58 Å². The monoisotopic (exact) mass is 454 g/mol. The van der Waals surface area contributed by atoms with Crippen molar-refractivity contribution < 1.29 is 12.8 Å². The van der Waals surface area contributed by atoms with Gasteiger partial charge in [-0.3, -0.25) is 4.90 Å². The summed E-state index contributed by atoms with van der Waals surface area (Å²) >= 11 is 0. The van der Waals surface area contributed by atoms with E-state index in [-0.39, 0.29) is 5.63 Å². The van der Waals surface area contributed by atoms with Gasteiger partial charge < -0.3 is 4.42 Å². The highest BCUT2D eigenvalue weighted by molar-refractivity contribution is 7.89. The van der Waals surface area contributed by atoms with E-state index < -0.39 is 10.0 Å². The minimum atomic E-state index is -3.51. The summed E-state index contributed by atoms with van der Waals surface area (Å²) in [6, 6.07) is 12.8. The molecule has 0 aliphatic carbocycles. The first kappa shape index (κ1) is 22.7. The van der Waals surface area contributed by atoms with Crippen LogP contribution in [-0.2, 0) is 16.6 Å². The van der Waals surface area contributed by atoms with E-state index in [2.05, 4.69) is 18.7 Å². The lowest BCUT2D eigenvalue weighted by molar-refractivity contribution is 0.182. The molecule has 1 aromatic heterocycles. The smallest absolute Gasteiger partial charge is 0.336 e. The SMILES string of the molecule is Cc1ccc2c(CN3CCN(S(=O)(=O)c4ccc(C(C)C)cc4)CC3)cc(=O)oc2c1C. The number of aryl methyl sites for hydroxylation is 2. The molecule has 0 N–H and O–H groups in total. The fraction of sp³-hybridized carbons (Fsp3) is 0.400. The molecule has 0 radical (unpaired) electrons. The van der Waals surface area contributed by atoms with Crippen molar-refractivity contribution in [1.29, 1.82) is 0 Å². The van der Waals surface area contributed by atoms with Gasteiger partial charge in [-0.2, -0.15) is 4.31 Å². The zero-order valence-corrected chi connectivity index (χ0v) is 19.9. The van der Waals surface area contributed by atoms with E-state index in [1.807, 2.05) is 38.1 Å². The molecule has 0 saturated carbocycles. The third kappa shape index (κ3) is 4.37. The van der Waals surface area contributed by atoms with Crippen molar-refractivity contribution in [3.05, 3.63) is 75.1 Å². The second-order valence-electron chi connectivity index (χ2n) is 8.88. The van der Waals surface area contributed by atoms with Crippen molar-refractivity contribution in [2.24, 2.45) is 0 Å². The van der Waals surface area contributed by atoms with Crippen LogP contribution in [0.25, 0.3) is 11.0 Å². The van der Waals surface area contributed by atoms with Gasteiger partial charge in [-0.25, -0.2) is 13.2 Å². The molecule has 1 aliphatic rings. The molecule has 1 saturated heterocycles. The van der Waals surface area contributed by atoms with Crippen LogP contribution in [0.5, 0.6) is 0 Å². The quantitative estimate of drug-likeness (QED) is 0.544. The first-order chi connectivity index (χ1) is 15.2. The lowest BCUT2D eigenvalue weighted by Gasteiger charge is -2.34. The van der Waals surface area contributed by atoms with Crippen LogP contribution in [0.3, 0.4) is 0 Å². The summed E-state index contributed by atoms with van der Waals surface area (Å²) in [4.78, 5) is 14.7. The lowest BCUT2D eigenvalue weighted by atomic mass is 10.0. The molecule has 32 heavy (non-hydrogen) atoms. The molecule has 0 spiro atoms. The third-order valence-electron chi connectivity index (χ3n) is 6.43. The number of rotatable bonds is 5. The Morgan fingerprint density at radius 1 is 0.969 bits per heavy atom. The molecule has 6 nitrogen and oxygen atoms in total. The molecule has 0 atom stereocenters. The van der Waals surface area contributed by atoms with E-state index in [0.29, 0.717) is 49.1 Å². The zero-order chi connectivity index (χ0) is 23.0. The molecule has 0 unspecified atom stereocenters. The molecule has 2 aromatic carbocycles. The number of fused-ring (bicyclic) bond motifs is 1. The molecule has 0 amide bonds. The van der Waals surface area contributed by atoms with Gasteiger partial charge in [-0.1, -0.05) is 38.1 Å². The van der Waals surface area contributed by atoms with Gasteiger partial charge in [0.15, 0.2) is 0 Å². The van der Waals surface area contributed by atoms with E-state index in [4.69, 9.17) is 4.42 Å². The van der Waals surface area contributed by atoms with Gasteiger partial charge in [0.05, 0.1) is 4.90 Å². The molecular formula is C25H30N2O4S. The Morgan fingerprint density at radius 3 is 2.25 bits per heavy atom. The van der Waals surface area contributed by atoms with Crippen LogP contribution in [0.15, 0.2) is 56.6 Å². The van der Waals surface area contributed by atoms with Gasteiger partial charge in [0.25, 0.3) is 0 Å². The third-order valence-corrected chi connectivity index (χ3v) is 8.34. The predicted molar refractivity (Wildman–Crippen MR) is 127 cm³/mol. The minimum Gasteiger partial charge on any atom is -0.422 e. The van der Waals surface area contributed by atoms with Gasteiger partial charge in [0, 0.05) is 44.2 Å². The van der Waals surface area contributed by atoms with Crippen molar-refractivity contribution in [2.75, 3.05) is 26.2 Å². The lowest BCUT2D eigenvalue weighted by Crippen LogP contribution is -2.48. The maximum absolute atomic E-state index is 13.1. The highest BCUT2D eigenvalue weighted by Gasteiger charge is 2.28. The predicted octanol–water partition coefficient (Wildman–Crippen LogP) is 4.04. The second kappa shape index (κ2) is 8.81.